The summed E-state index contributed by atoms with van der Waals surface area (Å²) >= 11 is 6.59. The van der Waals surface area contributed by atoms with Crippen molar-refractivity contribution in [1.82, 2.24) is 29.6 Å². The Morgan fingerprint density at radius 1 is 1.21 bits per heavy atom. The number of fused-ring (bicyclic) bond motifs is 2. The van der Waals surface area contributed by atoms with Crippen molar-refractivity contribution in [1.29, 1.82) is 0 Å². The number of hydrogen-bond donors (Lipinski definition) is 2. The molecule has 0 spiro atoms. The molecule has 0 saturated carbocycles. The lowest BCUT2D eigenvalue weighted by Crippen LogP contribution is -2.24. The summed E-state index contributed by atoms with van der Waals surface area (Å²) in [5.74, 6) is 0.423. The second kappa shape index (κ2) is 6.20. The van der Waals surface area contributed by atoms with Crippen molar-refractivity contribution >= 4 is 45.3 Å². The molecular formula is C19H20ClN7O. The SMILES string of the molecule is CNC(=O)c1c(Cl)c2ccccc2n1-c1nn(C(C)(C)C)c2ncnc(N)c12. The van der Waals surface area contributed by atoms with Gasteiger partial charge in [-0.3, -0.25) is 9.36 Å². The Morgan fingerprint density at radius 2 is 1.93 bits per heavy atom. The first kappa shape index (κ1) is 18.2. The lowest BCUT2D eigenvalue weighted by Gasteiger charge is -2.19. The number of para-hydroxylation sites is 1. The van der Waals surface area contributed by atoms with E-state index < -0.39 is 0 Å². The number of aromatic nitrogens is 5. The number of nitrogens with one attached hydrogen (secondary N) is 1. The van der Waals surface area contributed by atoms with E-state index in [0.29, 0.717) is 21.9 Å². The average molecular weight is 398 g/mol. The van der Waals surface area contributed by atoms with Gasteiger partial charge in [0.15, 0.2) is 11.5 Å². The number of nitrogens with two attached hydrogens (primary N) is 1. The van der Waals surface area contributed by atoms with E-state index in [1.807, 2.05) is 45.0 Å². The third-order valence-electron chi connectivity index (χ3n) is 4.58. The number of carbonyl (C=O) groups is 1. The fraction of sp³-hybridized carbons (Fsp3) is 0.263. The Labute approximate surface area is 166 Å². The van der Waals surface area contributed by atoms with Crippen LogP contribution in [0.1, 0.15) is 31.3 Å². The molecule has 4 rings (SSSR count). The zero-order valence-electron chi connectivity index (χ0n) is 16.0. The van der Waals surface area contributed by atoms with Gasteiger partial charge in [-0.05, 0) is 26.8 Å². The van der Waals surface area contributed by atoms with E-state index in [1.165, 1.54) is 6.33 Å². The molecule has 0 saturated heterocycles. The zero-order valence-corrected chi connectivity index (χ0v) is 16.7. The van der Waals surface area contributed by atoms with E-state index in [0.717, 1.165) is 10.9 Å². The van der Waals surface area contributed by atoms with Crippen molar-refractivity contribution in [2.75, 3.05) is 12.8 Å². The van der Waals surface area contributed by atoms with E-state index in [2.05, 4.69) is 15.3 Å². The molecule has 0 aliphatic heterocycles. The van der Waals surface area contributed by atoms with Crippen LogP contribution in [0.3, 0.4) is 0 Å². The van der Waals surface area contributed by atoms with Gasteiger partial charge in [-0.1, -0.05) is 29.8 Å². The molecule has 3 aromatic heterocycles. The highest BCUT2D eigenvalue weighted by atomic mass is 35.5. The van der Waals surface area contributed by atoms with Crippen LogP contribution in [0, 0.1) is 0 Å². The van der Waals surface area contributed by atoms with Crippen LogP contribution >= 0.6 is 11.6 Å². The first-order valence-electron chi connectivity index (χ1n) is 8.76. The average Bonchev–Trinajstić information content (AvgIpc) is 3.18. The molecule has 1 amide bonds. The number of halogens is 1. The highest BCUT2D eigenvalue weighted by molar-refractivity contribution is 6.39. The van der Waals surface area contributed by atoms with Gasteiger partial charge in [0.2, 0.25) is 0 Å². The summed E-state index contributed by atoms with van der Waals surface area (Å²) < 4.78 is 3.51. The smallest absolute Gasteiger partial charge is 0.269 e. The van der Waals surface area contributed by atoms with Gasteiger partial charge in [-0.2, -0.15) is 5.10 Å². The number of amides is 1. The van der Waals surface area contributed by atoms with E-state index in [1.54, 1.807) is 16.3 Å². The molecule has 1 aromatic carbocycles. The summed E-state index contributed by atoms with van der Waals surface area (Å²) in [4.78, 5) is 21.2. The highest BCUT2D eigenvalue weighted by Crippen LogP contribution is 2.37. The number of anilines is 1. The lowest BCUT2D eigenvalue weighted by atomic mass is 10.1. The molecule has 9 heteroatoms. The topological polar surface area (TPSA) is 104 Å². The predicted molar refractivity (Wildman–Crippen MR) is 110 cm³/mol. The van der Waals surface area contributed by atoms with Gasteiger partial charge in [-0.25, -0.2) is 14.6 Å². The maximum atomic E-state index is 12.7. The van der Waals surface area contributed by atoms with Gasteiger partial charge in [0.05, 0.1) is 16.1 Å². The lowest BCUT2D eigenvalue weighted by molar-refractivity contribution is 0.0957. The van der Waals surface area contributed by atoms with Gasteiger partial charge in [0, 0.05) is 12.4 Å². The molecule has 8 nitrogen and oxygen atoms in total. The number of benzene rings is 1. The minimum Gasteiger partial charge on any atom is -0.383 e. The monoisotopic (exact) mass is 397 g/mol. The summed E-state index contributed by atoms with van der Waals surface area (Å²) in [6.07, 6.45) is 1.41. The molecule has 3 N–H and O–H groups in total. The number of nitrogen functional groups attached to an aromatic ring is 1. The van der Waals surface area contributed by atoms with Crippen LogP contribution < -0.4 is 11.1 Å². The minimum atomic E-state index is -0.364. The molecule has 3 heterocycles. The number of rotatable bonds is 2. The van der Waals surface area contributed by atoms with Crippen molar-refractivity contribution in [2.24, 2.45) is 0 Å². The standard InChI is InChI=1S/C19H20ClN7O/c1-19(2,3)27-16-12(15(21)23-9-24-16)17(25-27)26-11-8-6-5-7-10(11)13(20)14(26)18(28)22-4/h5-9H,1-4H3,(H,22,28)(H2,21,23,24). The normalized spacial score (nSPS) is 12.0. The molecule has 0 fully saturated rings. The minimum absolute atomic E-state index is 0.285. The third kappa shape index (κ3) is 2.52. The second-order valence-corrected chi connectivity index (χ2v) is 7.84. The van der Waals surface area contributed by atoms with Crippen molar-refractivity contribution in [3.8, 4) is 5.82 Å². The molecule has 0 unspecified atom stereocenters. The first-order chi connectivity index (χ1) is 13.3. The Kier molecular flexibility index (Phi) is 4.04. The molecule has 0 aliphatic rings. The second-order valence-electron chi connectivity index (χ2n) is 7.46. The van der Waals surface area contributed by atoms with Crippen molar-refractivity contribution in [3.05, 3.63) is 41.3 Å². The van der Waals surface area contributed by atoms with Crippen LogP contribution in [0.5, 0.6) is 0 Å². The zero-order chi connectivity index (χ0) is 20.2. The van der Waals surface area contributed by atoms with Crippen LogP contribution in [-0.2, 0) is 5.54 Å². The fourth-order valence-corrected chi connectivity index (χ4v) is 3.65. The van der Waals surface area contributed by atoms with E-state index >= 15 is 0 Å². The quantitative estimate of drug-likeness (QED) is 0.540. The summed E-state index contributed by atoms with van der Waals surface area (Å²) in [5.41, 5.74) is 7.47. The van der Waals surface area contributed by atoms with Crippen molar-refractivity contribution < 1.29 is 4.79 Å². The van der Waals surface area contributed by atoms with Gasteiger partial charge in [-0.15, -0.1) is 0 Å². The molecule has 0 radical (unpaired) electrons. The van der Waals surface area contributed by atoms with Gasteiger partial charge < -0.3 is 11.1 Å². The molecular weight excluding hydrogens is 378 g/mol. The Balaban J connectivity index is 2.21. The molecule has 0 bridgehead atoms. The Morgan fingerprint density at radius 3 is 2.61 bits per heavy atom. The molecule has 28 heavy (non-hydrogen) atoms. The third-order valence-corrected chi connectivity index (χ3v) is 4.96. The largest absolute Gasteiger partial charge is 0.383 e. The van der Waals surface area contributed by atoms with Crippen LogP contribution in [0.2, 0.25) is 5.02 Å². The van der Waals surface area contributed by atoms with Gasteiger partial charge in [0.25, 0.3) is 5.91 Å². The summed E-state index contributed by atoms with van der Waals surface area (Å²) in [5, 5.41) is 9.11. The summed E-state index contributed by atoms with van der Waals surface area (Å²) in [6.45, 7) is 6.05. The first-order valence-corrected chi connectivity index (χ1v) is 9.14. The predicted octanol–water partition coefficient (Wildman–Crippen LogP) is 3.12. The van der Waals surface area contributed by atoms with Crippen molar-refractivity contribution in [2.45, 2.75) is 26.3 Å². The van der Waals surface area contributed by atoms with Crippen LogP contribution in [0.15, 0.2) is 30.6 Å². The Bertz CT molecular complexity index is 1230. The molecule has 144 valence electrons. The van der Waals surface area contributed by atoms with Crippen LogP contribution in [-0.4, -0.2) is 37.3 Å². The van der Waals surface area contributed by atoms with Crippen molar-refractivity contribution in [3.63, 3.8) is 0 Å². The highest BCUT2D eigenvalue weighted by Gasteiger charge is 2.29. The maximum Gasteiger partial charge on any atom is 0.269 e. The maximum absolute atomic E-state index is 12.7. The fourth-order valence-electron chi connectivity index (χ4n) is 3.32. The number of carbonyl (C=O) groups excluding carboxylic acids is 1. The summed E-state index contributed by atoms with van der Waals surface area (Å²) in [6, 6.07) is 7.50. The molecule has 4 aromatic rings. The number of hydrogen-bond acceptors (Lipinski definition) is 5. The number of nitrogens with zero attached hydrogens (tertiary/aromatic N) is 5. The molecule has 0 atom stereocenters. The van der Waals surface area contributed by atoms with E-state index in [4.69, 9.17) is 22.4 Å². The van der Waals surface area contributed by atoms with E-state index in [9.17, 15) is 4.79 Å². The Hall–Kier alpha value is -3.13. The molecule has 0 aliphatic carbocycles. The van der Waals surface area contributed by atoms with Crippen LogP contribution in [0.4, 0.5) is 5.82 Å². The van der Waals surface area contributed by atoms with Gasteiger partial charge in [0.1, 0.15) is 23.2 Å². The van der Waals surface area contributed by atoms with E-state index in [-0.39, 0.29) is 23.0 Å². The van der Waals surface area contributed by atoms with Gasteiger partial charge >= 0.3 is 0 Å². The van der Waals surface area contributed by atoms with Crippen LogP contribution in [0.25, 0.3) is 27.8 Å². The summed E-state index contributed by atoms with van der Waals surface area (Å²) in [7, 11) is 1.56.